The predicted octanol–water partition coefficient (Wildman–Crippen LogP) is 2.72. The van der Waals surface area contributed by atoms with Crippen LogP contribution < -0.4 is 5.32 Å². The first-order valence-electron chi connectivity index (χ1n) is 7.61. The van der Waals surface area contributed by atoms with Gasteiger partial charge < -0.3 is 14.8 Å². The van der Waals surface area contributed by atoms with Crippen molar-refractivity contribution in [3.8, 4) is 0 Å². The van der Waals surface area contributed by atoms with E-state index in [1.807, 2.05) is 13.8 Å². The summed E-state index contributed by atoms with van der Waals surface area (Å²) in [6, 6.07) is 3.44. The van der Waals surface area contributed by atoms with Gasteiger partial charge in [-0.25, -0.2) is 0 Å². The van der Waals surface area contributed by atoms with Crippen molar-refractivity contribution < 1.29 is 23.9 Å². The van der Waals surface area contributed by atoms with E-state index in [1.165, 1.54) is 14.2 Å². The Hall–Kier alpha value is -2.37. The van der Waals surface area contributed by atoms with Gasteiger partial charge in [0, 0.05) is 16.7 Å². The normalized spacial score (nSPS) is 11.2. The van der Waals surface area contributed by atoms with Crippen molar-refractivity contribution >= 4 is 23.5 Å². The Morgan fingerprint density at radius 2 is 1.42 bits per heavy atom. The molecule has 0 radical (unpaired) electrons. The van der Waals surface area contributed by atoms with Crippen LogP contribution in [0.3, 0.4) is 0 Å². The van der Waals surface area contributed by atoms with Crippen molar-refractivity contribution in [3.63, 3.8) is 0 Å². The van der Waals surface area contributed by atoms with E-state index in [-0.39, 0.29) is 5.91 Å². The van der Waals surface area contributed by atoms with Crippen LogP contribution in [0.5, 0.6) is 0 Å². The standard InChI is InChI=1S/C18H25NO5/c1-10-8-12(14(15(20)23-6)16(21)24-7)13(9-11(10)2)19-17(22)18(3,4)5/h8-9,14H,1-7H3,(H,19,22). The Kier molecular flexibility index (Phi) is 6.12. The second-order valence-electron chi connectivity index (χ2n) is 6.71. The zero-order chi connectivity index (χ0) is 18.7. The number of esters is 2. The third-order valence-electron chi connectivity index (χ3n) is 3.78. The molecule has 0 aliphatic rings. The zero-order valence-corrected chi connectivity index (χ0v) is 15.3. The fraction of sp³-hybridized carbons (Fsp3) is 0.500. The van der Waals surface area contributed by atoms with E-state index in [0.717, 1.165) is 11.1 Å². The lowest BCUT2D eigenvalue weighted by atomic mass is 9.91. The molecule has 0 unspecified atom stereocenters. The molecule has 0 heterocycles. The minimum atomic E-state index is -1.26. The first-order valence-corrected chi connectivity index (χ1v) is 7.61. The first kappa shape index (κ1) is 19.7. The highest BCUT2D eigenvalue weighted by Crippen LogP contribution is 2.31. The molecule has 1 aromatic carbocycles. The first-order chi connectivity index (χ1) is 11.0. The minimum absolute atomic E-state index is 0.222. The van der Waals surface area contributed by atoms with Gasteiger partial charge in [-0.05, 0) is 31.0 Å². The summed E-state index contributed by atoms with van der Waals surface area (Å²) in [4.78, 5) is 36.6. The van der Waals surface area contributed by atoms with Gasteiger partial charge in [0.1, 0.15) is 0 Å². The van der Waals surface area contributed by atoms with E-state index in [9.17, 15) is 14.4 Å². The number of hydrogen-bond donors (Lipinski definition) is 1. The maximum absolute atomic E-state index is 12.3. The molecule has 0 bridgehead atoms. The van der Waals surface area contributed by atoms with Crippen molar-refractivity contribution in [1.82, 2.24) is 0 Å². The molecule has 0 spiro atoms. The van der Waals surface area contributed by atoms with Crippen molar-refractivity contribution in [3.05, 3.63) is 28.8 Å². The predicted molar refractivity (Wildman–Crippen MR) is 90.8 cm³/mol. The number of nitrogens with one attached hydrogen (secondary N) is 1. The molecule has 0 fully saturated rings. The molecule has 1 aromatic rings. The molecule has 0 atom stereocenters. The second kappa shape index (κ2) is 7.47. The van der Waals surface area contributed by atoms with E-state index in [2.05, 4.69) is 5.32 Å². The van der Waals surface area contributed by atoms with Gasteiger partial charge in [-0.1, -0.05) is 26.8 Å². The van der Waals surface area contributed by atoms with Gasteiger partial charge in [0.2, 0.25) is 5.91 Å². The van der Waals surface area contributed by atoms with Crippen LogP contribution in [0.25, 0.3) is 0 Å². The topological polar surface area (TPSA) is 81.7 Å². The smallest absolute Gasteiger partial charge is 0.324 e. The highest BCUT2D eigenvalue weighted by Gasteiger charge is 2.34. The molecule has 6 nitrogen and oxygen atoms in total. The lowest BCUT2D eigenvalue weighted by Gasteiger charge is -2.22. The van der Waals surface area contributed by atoms with Gasteiger partial charge in [0.25, 0.3) is 0 Å². The molecule has 6 heteroatoms. The fourth-order valence-corrected chi connectivity index (χ4v) is 2.08. The Balaban J connectivity index is 3.48. The van der Waals surface area contributed by atoms with Crippen LogP contribution in [0.2, 0.25) is 0 Å². The van der Waals surface area contributed by atoms with Crippen molar-refractivity contribution in [2.24, 2.45) is 5.41 Å². The number of rotatable bonds is 4. The Morgan fingerprint density at radius 3 is 1.83 bits per heavy atom. The molecule has 0 aliphatic carbocycles. The number of carbonyl (C=O) groups excluding carboxylic acids is 3. The molecular weight excluding hydrogens is 310 g/mol. The fourth-order valence-electron chi connectivity index (χ4n) is 2.08. The van der Waals surface area contributed by atoms with Crippen LogP contribution in [0.1, 0.15) is 43.4 Å². The lowest BCUT2D eigenvalue weighted by Crippen LogP contribution is -2.30. The summed E-state index contributed by atoms with van der Waals surface area (Å²) in [5, 5.41) is 2.80. The molecule has 0 aliphatic heterocycles. The molecule has 1 N–H and O–H groups in total. The van der Waals surface area contributed by atoms with Gasteiger partial charge in [0.05, 0.1) is 14.2 Å². The third-order valence-corrected chi connectivity index (χ3v) is 3.78. The molecule has 132 valence electrons. The average Bonchev–Trinajstić information content (AvgIpc) is 2.50. The quantitative estimate of drug-likeness (QED) is 0.676. The SMILES string of the molecule is COC(=O)C(C(=O)OC)c1cc(C)c(C)cc1NC(=O)C(C)(C)C. The number of benzene rings is 1. The van der Waals surface area contributed by atoms with E-state index >= 15 is 0 Å². The van der Waals surface area contributed by atoms with Crippen molar-refractivity contribution in [1.29, 1.82) is 0 Å². The summed E-state index contributed by atoms with van der Waals surface area (Å²) in [7, 11) is 2.40. The largest absolute Gasteiger partial charge is 0.468 e. The molecule has 1 rings (SSSR count). The number of ether oxygens (including phenoxy) is 2. The number of methoxy groups -OCH3 is 2. The van der Waals surface area contributed by atoms with E-state index in [1.54, 1.807) is 32.9 Å². The molecule has 24 heavy (non-hydrogen) atoms. The monoisotopic (exact) mass is 335 g/mol. The molecule has 1 amide bonds. The average molecular weight is 335 g/mol. The Labute approximate surface area is 142 Å². The van der Waals surface area contributed by atoms with E-state index < -0.39 is 23.3 Å². The van der Waals surface area contributed by atoms with Gasteiger partial charge in [-0.15, -0.1) is 0 Å². The highest BCUT2D eigenvalue weighted by atomic mass is 16.5. The summed E-state index contributed by atoms with van der Waals surface area (Å²) in [6.07, 6.45) is 0. The van der Waals surface area contributed by atoms with Crippen LogP contribution in [0, 0.1) is 19.3 Å². The van der Waals surface area contributed by atoms with Crippen molar-refractivity contribution in [2.75, 3.05) is 19.5 Å². The Morgan fingerprint density at radius 1 is 0.958 bits per heavy atom. The van der Waals surface area contributed by atoms with Crippen LogP contribution in [0.4, 0.5) is 5.69 Å². The van der Waals surface area contributed by atoms with Gasteiger partial charge >= 0.3 is 11.9 Å². The van der Waals surface area contributed by atoms with E-state index in [0.29, 0.717) is 11.3 Å². The lowest BCUT2D eigenvalue weighted by molar-refractivity contribution is -0.154. The third kappa shape index (κ3) is 4.34. The van der Waals surface area contributed by atoms with Crippen LogP contribution in [0.15, 0.2) is 12.1 Å². The molecular formula is C18H25NO5. The summed E-state index contributed by atoms with van der Waals surface area (Å²) in [5.74, 6) is -2.96. The van der Waals surface area contributed by atoms with Gasteiger partial charge in [-0.2, -0.15) is 0 Å². The van der Waals surface area contributed by atoms with Crippen molar-refractivity contribution in [2.45, 2.75) is 40.5 Å². The summed E-state index contributed by atoms with van der Waals surface area (Å²) in [5.41, 5.74) is 1.95. The highest BCUT2D eigenvalue weighted by molar-refractivity contribution is 6.04. The van der Waals surface area contributed by atoms with Crippen LogP contribution >= 0.6 is 0 Å². The summed E-state index contributed by atoms with van der Waals surface area (Å²) >= 11 is 0. The van der Waals surface area contributed by atoms with Gasteiger partial charge in [0.15, 0.2) is 5.92 Å². The summed E-state index contributed by atoms with van der Waals surface area (Å²) < 4.78 is 9.47. The van der Waals surface area contributed by atoms with E-state index in [4.69, 9.17) is 9.47 Å². The minimum Gasteiger partial charge on any atom is -0.468 e. The molecule has 0 saturated heterocycles. The molecule has 0 saturated carbocycles. The second-order valence-corrected chi connectivity index (χ2v) is 6.71. The summed E-state index contributed by atoms with van der Waals surface area (Å²) in [6.45, 7) is 9.08. The number of carbonyl (C=O) groups is 3. The maximum atomic E-state index is 12.3. The number of anilines is 1. The van der Waals surface area contributed by atoms with Crippen LogP contribution in [-0.4, -0.2) is 32.1 Å². The number of hydrogen-bond acceptors (Lipinski definition) is 5. The zero-order valence-electron chi connectivity index (χ0n) is 15.3. The maximum Gasteiger partial charge on any atom is 0.324 e. The van der Waals surface area contributed by atoms with Gasteiger partial charge in [-0.3, -0.25) is 14.4 Å². The molecule has 0 aromatic heterocycles. The Bertz CT molecular complexity index is 642. The van der Waals surface area contributed by atoms with Crippen LogP contribution in [-0.2, 0) is 23.9 Å². The number of aryl methyl sites for hydroxylation is 2. The number of amides is 1.